The smallest absolute Gasteiger partial charge is 0.246 e. The summed E-state index contributed by atoms with van der Waals surface area (Å²) in [5.74, 6) is 0.0489. The summed E-state index contributed by atoms with van der Waals surface area (Å²) in [5, 5.41) is 3.35. The van der Waals surface area contributed by atoms with Gasteiger partial charge in [0, 0.05) is 24.0 Å². The van der Waals surface area contributed by atoms with E-state index < -0.39 is 9.84 Å². The minimum atomic E-state index is -3.10. The zero-order valence-electron chi connectivity index (χ0n) is 19.4. The van der Waals surface area contributed by atoms with Crippen LogP contribution in [0.1, 0.15) is 44.1 Å². The van der Waals surface area contributed by atoms with Gasteiger partial charge in [0.15, 0.2) is 9.84 Å². The molecule has 1 unspecified atom stereocenters. The van der Waals surface area contributed by atoms with Crippen LogP contribution in [0.3, 0.4) is 0 Å². The van der Waals surface area contributed by atoms with Crippen molar-refractivity contribution in [1.29, 1.82) is 0 Å². The van der Waals surface area contributed by atoms with Crippen LogP contribution in [0.2, 0.25) is 0 Å². The lowest BCUT2D eigenvalue weighted by Crippen LogP contribution is -2.44. The maximum absolute atomic E-state index is 13.4. The van der Waals surface area contributed by atoms with Gasteiger partial charge in [0.2, 0.25) is 5.91 Å². The van der Waals surface area contributed by atoms with Crippen molar-refractivity contribution in [3.63, 3.8) is 0 Å². The van der Waals surface area contributed by atoms with Crippen molar-refractivity contribution >= 4 is 27.1 Å². The van der Waals surface area contributed by atoms with Gasteiger partial charge in [-0.25, -0.2) is 8.42 Å². The molecule has 1 atom stereocenters. The van der Waals surface area contributed by atoms with Crippen LogP contribution < -0.4 is 10.2 Å². The molecule has 1 N–H and O–H groups in total. The van der Waals surface area contributed by atoms with Gasteiger partial charge in [-0.1, -0.05) is 55.7 Å². The highest BCUT2D eigenvalue weighted by molar-refractivity contribution is 7.91. The highest BCUT2D eigenvalue weighted by Gasteiger charge is 2.35. The SMILES string of the molecule is CN(Cc1ccccc1NCC(=O)N(c1ccccc1)C1CCS(=O)(=O)C1)C1CCCCC1. The first kappa shape index (κ1) is 23.8. The summed E-state index contributed by atoms with van der Waals surface area (Å²) >= 11 is 0. The lowest BCUT2D eigenvalue weighted by molar-refractivity contribution is -0.117. The molecule has 1 amide bonds. The number of para-hydroxylation sites is 2. The monoisotopic (exact) mass is 469 g/mol. The summed E-state index contributed by atoms with van der Waals surface area (Å²) in [6.45, 7) is 0.959. The molecular formula is C26H35N3O3S. The third-order valence-corrected chi connectivity index (χ3v) is 8.69. The topological polar surface area (TPSA) is 69.7 Å². The summed E-state index contributed by atoms with van der Waals surface area (Å²) in [7, 11) is -0.910. The molecule has 0 radical (unpaired) electrons. The number of carbonyl (C=O) groups is 1. The van der Waals surface area contributed by atoms with Crippen LogP contribution in [-0.4, -0.2) is 56.4 Å². The first-order valence-electron chi connectivity index (χ1n) is 12.0. The van der Waals surface area contributed by atoms with Gasteiger partial charge in [-0.2, -0.15) is 0 Å². The van der Waals surface area contributed by atoms with Crippen molar-refractivity contribution in [2.24, 2.45) is 0 Å². The van der Waals surface area contributed by atoms with Crippen LogP contribution in [0.15, 0.2) is 54.6 Å². The fourth-order valence-corrected chi connectivity index (χ4v) is 6.83. The Hall–Kier alpha value is -2.38. The number of anilines is 2. The van der Waals surface area contributed by atoms with E-state index in [4.69, 9.17) is 0 Å². The first-order chi connectivity index (χ1) is 15.9. The molecule has 178 valence electrons. The van der Waals surface area contributed by atoms with Crippen molar-refractivity contribution in [2.45, 2.75) is 57.2 Å². The minimum Gasteiger partial charge on any atom is -0.376 e. The van der Waals surface area contributed by atoms with Crippen molar-refractivity contribution in [1.82, 2.24) is 4.90 Å². The van der Waals surface area contributed by atoms with Crippen LogP contribution in [0.25, 0.3) is 0 Å². The fourth-order valence-electron chi connectivity index (χ4n) is 5.13. The Morgan fingerprint density at radius 3 is 2.33 bits per heavy atom. The molecule has 2 fully saturated rings. The number of rotatable bonds is 8. The van der Waals surface area contributed by atoms with Gasteiger partial charge in [0.1, 0.15) is 0 Å². The van der Waals surface area contributed by atoms with Crippen molar-refractivity contribution in [3.8, 4) is 0 Å². The molecule has 1 saturated carbocycles. The van der Waals surface area contributed by atoms with Gasteiger partial charge in [-0.05, 0) is 50.1 Å². The van der Waals surface area contributed by atoms with E-state index in [1.807, 2.05) is 48.5 Å². The molecule has 4 rings (SSSR count). The van der Waals surface area contributed by atoms with E-state index >= 15 is 0 Å². The molecule has 1 aliphatic heterocycles. The number of nitrogens with zero attached hydrogens (tertiary/aromatic N) is 2. The third-order valence-electron chi connectivity index (χ3n) is 6.94. The average Bonchev–Trinajstić information content (AvgIpc) is 3.19. The van der Waals surface area contributed by atoms with Crippen LogP contribution in [0.4, 0.5) is 11.4 Å². The molecular weight excluding hydrogens is 434 g/mol. The summed E-state index contributed by atoms with van der Waals surface area (Å²) in [6, 6.07) is 17.8. The Kier molecular flexibility index (Phi) is 7.71. The minimum absolute atomic E-state index is 0.0242. The van der Waals surface area contributed by atoms with Gasteiger partial charge in [-0.3, -0.25) is 9.69 Å². The third kappa shape index (κ3) is 6.15. The number of carbonyl (C=O) groups excluding carboxylic acids is 1. The Morgan fingerprint density at radius 1 is 0.939 bits per heavy atom. The zero-order chi connectivity index (χ0) is 23.3. The quantitative estimate of drug-likeness (QED) is 0.631. The van der Waals surface area contributed by atoms with E-state index in [2.05, 4.69) is 23.3 Å². The molecule has 6 nitrogen and oxygen atoms in total. The summed E-state index contributed by atoms with van der Waals surface area (Å²) in [5.41, 5.74) is 2.88. The maximum atomic E-state index is 13.4. The second kappa shape index (κ2) is 10.7. The second-order valence-electron chi connectivity index (χ2n) is 9.37. The number of benzene rings is 2. The van der Waals surface area contributed by atoms with Crippen LogP contribution >= 0.6 is 0 Å². The van der Waals surface area contributed by atoms with E-state index in [1.54, 1.807) is 4.90 Å². The van der Waals surface area contributed by atoms with E-state index in [0.717, 1.165) is 17.9 Å². The highest BCUT2D eigenvalue weighted by Crippen LogP contribution is 2.26. The van der Waals surface area contributed by atoms with E-state index in [-0.39, 0.29) is 30.0 Å². The standard InChI is InChI=1S/C26H35N3O3S/c1-28(22-11-4-2-5-12-22)19-21-10-8-9-15-25(21)27-18-26(30)29(23-13-6-3-7-14-23)24-16-17-33(31,32)20-24/h3,6-10,13-15,22,24,27H,2,4-5,11-12,16-20H2,1H3. The zero-order valence-corrected chi connectivity index (χ0v) is 20.3. The van der Waals surface area contributed by atoms with Crippen molar-refractivity contribution < 1.29 is 13.2 Å². The molecule has 7 heteroatoms. The molecule has 1 saturated heterocycles. The van der Waals surface area contributed by atoms with Crippen molar-refractivity contribution in [2.75, 3.05) is 35.3 Å². The Labute approximate surface area is 197 Å². The Balaban J connectivity index is 1.45. The van der Waals surface area contributed by atoms with E-state index in [9.17, 15) is 13.2 Å². The van der Waals surface area contributed by atoms with Crippen LogP contribution in [0, 0.1) is 0 Å². The normalized spacial score (nSPS) is 20.6. The van der Waals surface area contributed by atoms with Gasteiger partial charge in [0.05, 0.1) is 24.1 Å². The molecule has 2 aliphatic rings. The van der Waals surface area contributed by atoms with Crippen molar-refractivity contribution in [3.05, 3.63) is 60.2 Å². The van der Waals surface area contributed by atoms with E-state index in [0.29, 0.717) is 12.5 Å². The van der Waals surface area contributed by atoms with Gasteiger partial charge >= 0.3 is 0 Å². The molecule has 0 bridgehead atoms. The molecule has 1 heterocycles. The molecule has 1 aliphatic carbocycles. The fraction of sp³-hybridized carbons (Fsp3) is 0.500. The van der Waals surface area contributed by atoms with Crippen LogP contribution in [-0.2, 0) is 21.2 Å². The van der Waals surface area contributed by atoms with E-state index in [1.165, 1.54) is 37.7 Å². The highest BCUT2D eigenvalue weighted by atomic mass is 32.2. The molecule has 33 heavy (non-hydrogen) atoms. The largest absolute Gasteiger partial charge is 0.376 e. The van der Waals surface area contributed by atoms with Crippen LogP contribution in [0.5, 0.6) is 0 Å². The second-order valence-corrected chi connectivity index (χ2v) is 11.6. The summed E-state index contributed by atoms with van der Waals surface area (Å²) in [6.07, 6.45) is 6.92. The van der Waals surface area contributed by atoms with Gasteiger partial charge in [0.25, 0.3) is 0 Å². The Morgan fingerprint density at radius 2 is 1.64 bits per heavy atom. The number of hydrogen-bond donors (Lipinski definition) is 1. The number of amides is 1. The lowest BCUT2D eigenvalue weighted by atomic mass is 9.94. The van der Waals surface area contributed by atoms with Gasteiger partial charge < -0.3 is 10.2 Å². The molecule has 2 aromatic carbocycles. The predicted octanol–water partition coefficient (Wildman–Crippen LogP) is 4.08. The number of sulfone groups is 1. The number of hydrogen-bond acceptors (Lipinski definition) is 5. The Bertz CT molecular complexity index is 1040. The molecule has 0 spiro atoms. The summed E-state index contributed by atoms with van der Waals surface area (Å²) < 4.78 is 24.2. The number of nitrogens with one attached hydrogen (secondary N) is 1. The molecule has 0 aromatic heterocycles. The lowest BCUT2D eigenvalue weighted by Gasteiger charge is -2.32. The maximum Gasteiger partial charge on any atom is 0.246 e. The van der Waals surface area contributed by atoms with Gasteiger partial charge in [-0.15, -0.1) is 0 Å². The first-order valence-corrected chi connectivity index (χ1v) is 13.8. The average molecular weight is 470 g/mol. The predicted molar refractivity (Wildman–Crippen MR) is 134 cm³/mol. The summed E-state index contributed by atoms with van der Waals surface area (Å²) in [4.78, 5) is 17.5. The molecule has 2 aromatic rings.